The highest BCUT2D eigenvalue weighted by molar-refractivity contribution is 5.72. The summed E-state index contributed by atoms with van der Waals surface area (Å²) in [6, 6.07) is -0.618. The standard InChI is InChI=1S/C48H85NO7/c1-6-8-10-12-14-16-18-19-20-21-22-23-24-25-26-27-29-31-33-35-37-39-47(51)56-44(42-54-41-40-45(48(52)53)49(3,4)5)43-55-46(50)38-36-34-32-30-28-17-15-13-11-9-7-2/h14,16,19-20,22-23,25-26,44-45H,6-13,15,17-18,21,24,27-43H2,1-5H3/p+1/b16-14+,20-19+,23-22+,26-25+. The summed E-state index contributed by atoms with van der Waals surface area (Å²) >= 11 is 0. The molecule has 0 aliphatic rings. The Labute approximate surface area is 344 Å². The molecule has 0 saturated carbocycles. The number of aliphatic carboxylic acids is 1. The van der Waals surface area contributed by atoms with Crippen molar-refractivity contribution in [1.82, 2.24) is 0 Å². The Morgan fingerprint density at radius 3 is 1.43 bits per heavy atom. The molecule has 1 N–H and O–H groups in total. The van der Waals surface area contributed by atoms with Crippen LogP contribution >= 0.6 is 0 Å². The van der Waals surface area contributed by atoms with E-state index in [-0.39, 0.29) is 36.2 Å². The smallest absolute Gasteiger partial charge is 0.362 e. The Bertz CT molecular complexity index is 1060. The largest absolute Gasteiger partial charge is 0.477 e. The molecule has 8 heteroatoms. The van der Waals surface area contributed by atoms with Gasteiger partial charge in [0.15, 0.2) is 12.1 Å². The maximum absolute atomic E-state index is 12.7. The lowest BCUT2D eigenvalue weighted by molar-refractivity contribution is -0.887. The number of rotatable bonds is 40. The second-order valence-electron chi connectivity index (χ2n) is 16.3. The average Bonchev–Trinajstić information content (AvgIpc) is 3.15. The summed E-state index contributed by atoms with van der Waals surface area (Å²) < 4.78 is 17.3. The summed E-state index contributed by atoms with van der Waals surface area (Å²) in [5, 5.41) is 9.61. The van der Waals surface area contributed by atoms with Crippen molar-refractivity contribution in [2.75, 3.05) is 41.0 Å². The first-order valence-electron chi connectivity index (χ1n) is 22.7. The van der Waals surface area contributed by atoms with Gasteiger partial charge in [-0.05, 0) is 57.8 Å². The van der Waals surface area contributed by atoms with Gasteiger partial charge in [0.2, 0.25) is 0 Å². The Hall–Kier alpha value is -2.71. The molecule has 0 aromatic rings. The van der Waals surface area contributed by atoms with Crippen LogP contribution in [0.4, 0.5) is 0 Å². The van der Waals surface area contributed by atoms with E-state index in [2.05, 4.69) is 62.5 Å². The van der Waals surface area contributed by atoms with E-state index in [1.165, 1.54) is 77.0 Å². The molecular weight excluding hydrogens is 703 g/mol. The number of allylic oxidation sites excluding steroid dienone is 8. The van der Waals surface area contributed by atoms with Gasteiger partial charge in [-0.15, -0.1) is 0 Å². The van der Waals surface area contributed by atoms with E-state index in [0.717, 1.165) is 77.0 Å². The molecule has 0 bridgehead atoms. The second kappa shape index (κ2) is 39.1. The maximum atomic E-state index is 12.7. The molecule has 0 spiro atoms. The number of hydrogen-bond donors (Lipinski definition) is 1. The first-order chi connectivity index (χ1) is 27.1. The lowest BCUT2D eigenvalue weighted by Crippen LogP contribution is -2.50. The van der Waals surface area contributed by atoms with E-state index in [1.54, 1.807) is 0 Å². The van der Waals surface area contributed by atoms with Gasteiger partial charge in [0.1, 0.15) is 6.61 Å². The van der Waals surface area contributed by atoms with Gasteiger partial charge in [-0.25, -0.2) is 4.79 Å². The summed E-state index contributed by atoms with van der Waals surface area (Å²) in [6.45, 7) is 4.68. The topological polar surface area (TPSA) is 99.1 Å². The van der Waals surface area contributed by atoms with Crippen LogP contribution in [-0.2, 0) is 28.6 Å². The highest BCUT2D eigenvalue weighted by Crippen LogP contribution is 2.14. The molecule has 0 heterocycles. The monoisotopic (exact) mass is 789 g/mol. The van der Waals surface area contributed by atoms with E-state index in [9.17, 15) is 19.5 Å². The molecular formula is C48H86NO7+. The molecule has 8 nitrogen and oxygen atoms in total. The molecule has 0 aromatic carbocycles. The first kappa shape index (κ1) is 53.3. The zero-order valence-electron chi connectivity index (χ0n) is 36.8. The Morgan fingerprint density at radius 2 is 0.946 bits per heavy atom. The zero-order chi connectivity index (χ0) is 41.4. The second-order valence-corrected chi connectivity index (χ2v) is 16.3. The van der Waals surface area contributed by atoms with Crippen LogP contribution in [0.3, 0.4) is 0 Å². The molecule has 0 aliphatic heterocycles. The van der Waals surface area contributed by atoms with Crippen LogP contribution in [-0.4, -0.2) is 80.6 Å². The third kappa shape index (κ3) is 36.9. The minimum Gasteiger partial charge on any atom is -0.477 e. The van der Waals surface area contributed by atoms with Crippen molar-refractivity contribution in [3.63, 3.8) is 0 Å². The Balaban J connectivity index is 4.34. The number of carbonyl (C=O) groups excluding carboxylic acids is 2. The Kier molecular flexibility index (Phi) is 37.2. The first-order valence-corrected chi connectivity index (χ1v) is 22.7. The number of ether oxygens (including phenoxy) is 3. The van der Waals surface area contributed by atoms with Gasteiger partial charge in [0.05, 0.1) is 34.4 Å². The van der Waals surface area contributed by atoms with E-state index in [4.69, 9.17) is 14.2 Å². The zero-order valence-corrected chi connectivity index (χ0v) is 36.8. The molecule has 0 aromatic heterocycles. The number of unbranched alkanes of at least 4 members (excludes halogenated alkanes) is 18. The number of hydrogen-bond acceptors (Lipinski definition) is 6. The fourth-order valence-corrected chi connectivity index (χ4v) is 6.43. The number of esters is 2. The van der Waals surface area contributed by atoms with E-state index >= 15 is 0 Å². The quantitative estimate of drug-likeness (QED) is 0.0286. The highest BCUT2D eigenvalue weighted by atomic mass is 16.6. The van der Waals surface area contributed by atoms with Gasteiger partial charge in [-0.3, -0.25) is 9.59 Å². The summed E-state index contributed by atoms with van der Waals surface area (Å²) in [6.07, 6.45) is 45.8. The van der Waals surface area contributed by atoms with Crippen molar-refractivity contribution in [3.8, 4) is 0 Å². The van der Waals surface area contributed by atoms with E-state index < -0.39 is 18.1 Å². The third-order valence-electron chi connectivity index (χ3n) is 9.98. The van der Waals surface area contributed by atoms with Crippen molar-refractivity contribution in [3.05, 3.63) is 48.6 Å². The molecule has 0 saturated heterocycles. The molecule has 2 atom stereocenters. The van der Waals surface area contributed by atoms with Crippen LogP contribution in [0.25, 0.3) is 0 Å². The minimum absolute atomic E-state index is 0.0540. The molecule has 0 aliphatic carbocycles. The van der Waals surface area contributed by atoms with Gasteiger partial charge in [0, 0.05) is 19.3 Å². The predicted octanol–water partition coefficient (Wildman–Crippen LogP) is 12.4. The number of carboxylic acids is 1. The SMILES string of the molecule is CCCCC/C=C/C/C=C/C/C=C/C/C=C/CCCCCCCC(=O)OC(COCCC(C(=O)O)[N+](C)(C)C)COC(=O)CCCCCCCCCCCCC. The summed E-state index contributed by atoms with van der Waals surface area (Å²) in [5.41, 5.74) is 0. The van der Waals surface area contributed by atoms with Crippen LogP contribution < -0.4 is 0 Å². The van der Waals surface area contributed by atoms with Crippen LogP contribution in [0, 0.1) is 0 Å². The fraction of sp³-hybridized carbons (Fsp3) is 0.771. The number of nitrogens with zero attached hydrogens (tertiary/aromatic N) is 1. The van der Waals surface area contributed by atoms with Gasteiger partial charge in [0.25, 0.3) is 0 Å². The molecule has 0 radical (unpaired) electrons. The minimum atomic E-state index is -0.879. The Morgan fingerprint density at radius 1 is 0.536 bits per heavy atom. The normalized spacial score (nSPS) is 13.4. The molecule has 56 heavy (non-hydrogen) atoms. The third-order valence-corrected chi connectivity index (χ3v) is 9.98. The molecule has 0 amide bonds. The van der Waals surface area contributed by atoms with Gasteiger partial charge >= 0.3 is 17.9 Å². The number of carboxylic acid groups (broad SMARTS) is 1. The molecule has 0 fully saturated rings. The van der Waals surface area contributed by atoms with E-state index in [1.807, 2.05) is 21.1 Å². The average molecular weight is 789 g/mol. The van der Waals surface area contributed by atoms with Gasteiger partial charge in [-0.2, -0.15) is 0 Å². The van der Waals surface area contributed by atoms with Crippen LogP contribution in [0.1, 0.15) is 187 Å². The van der Waals surface area contributed by atoms with Crippen molar-refractivity contribution in [2.45, 2.75) is 199 Å². The predicted molar refractivity (Wildman–Crippen MR) is 234 cm³/mol. The summed E-state index contributed by atoms with van der Waals surface area (Å²) in [7, 11) is 5.52. The molecule has 324 valence electrons. The summed E-state index contributed by atoms with van der Waals surface area (Å²) in [4.78, 5) is 36.9. The summed E-state index contributed by atoms with van der Waals surface area (Å²) in [5.74, 6) is -1.49. The maximum Gasteiger partial charge on any atom is 0.362 e. The lowest BCUT2D eigenvalue weighted by Gasteiger charge is -2.31. The van der Waals surface area contributed by atoms with Crippen molar-refractivity contribution < 1.29 is 38.2 Å². The number of carbonyl (C=O) groups is 3. The molecule has 2 unspecified atom stereocenters. The van der Waals surface area contributed by atoms with Crippen molar-refractivity contribution in [2.24, 2.45) is 0 Å². The van der Waals surface area contributed by atoms with Crippen LogP contribution in [0.5, 0.6) is 0 Å². The van der Waals surface area contributed by atoms with Crippen LogP contribution in [0.2, 0.25) is 0 Å². The van der Waals surface area contributed by atoms with Crippen molar-refractivity contribution in [1.29, 1.82) is 0 Å². The van der Waals surface area contributed by atoms with Gasteiger partial charge < -0.3 is 23.8 Å². The number of likely N-dealkylation sites (N-methyl/N-ethyl adjacent to an activating group) is 1. The van der Waals surface area contributed by atoms with Gasteiger partial charge in [-0.1, -0.05) is 159 Å². The fourth-order valence-electron chi connectivity index (χ4n) is 6.43. The number of quaternary nitrogens is 1. The highest BCUT2D eigenvalue weighted by Gasteiger charge is 2.31. The van der Waals surface area contributed by atoms with Crippen LogP contribution in [0.15, 0.2) is 48.6 Å². The van der Waals surface area contributed by atoms with E-state index in [0.29, 0.717) is 19.3 Å². The molecule has 0 rings (SSSR count). The lowest BCUT2D eigenvalue weighted by atomic mass is 10.1. The van der Waals surface area contributed by atoms with Crippen molar-refractivity contribution >= 4 is 17.9 Å².